The highest BCUT2D eigenvalue weighted by Gasteiger charge is 2.27. The monoisotopic (exact) mass is 377 g/mol. The molecule has 0 amide bonds. The fourth-order valence-electron chi connectivity index (χ4n) is 3.91. The van der Waals surface area contributed by atoms with Crippen LogP contribution >= 0.6 is 0 Å². The third kappa shape index (κ3) is 4.25. The van der Waals surface area contributed by atoms with Gasteiger partial charge in [-0.25, -0.2) is 4.79 Å². The molecule has 0 spiro atoms. The molecule has 0 fully saturated rings. The zero-order valence-electron chi connectivity index (χ0n) is 16.4. The molecule has 0 saturated carbocycles. The number of fused-ring (bicyclic) bond motifs is 1. The molecule has 4 rings (SSSR count). The molecular formula is C23H27N3O2. The Labute approximate surface area is 166 Å². The van der Waals surface area contributed by atoms with E-state index in [4.69, 9.17) is 10.5 Å². The van der Waals surface area contributed by atoms with Crippen molar-refractivity contribution < 1.29 is 9.53 Å². The second-order valence-electron chi connectivity index (χ2n) is 7.69. The molecule has 2 N–H and O–H groups in total. The van der Waals surface area contributed by atoms with Crippen LogP contribution in [0, 0.1) is 0 Å². The highest BCUT2D eigenvalue weighted by atomic mass is 16.5. The Kier molecular flexibility index (Phi) is 5.44. The number of ether oxygens (including phenoxy) is 1. The molecule has 1 atom stereocenters. The minimum atomic E-state index is -0.254. The van der Waals surface area contributed by atoms with Crippen LogP contribution in [0.2, 0.25) is 0 Å². The van der Waals surface area contributed by atoms with Gasteiger partial charge in [0, 0.05) is 30.4 Å². The molecule has 0 aromatic heterocycles. The van der Waals surface area contributed by atoms with Crippen molar-refractivity contribution in [3.8, 4) is 0 Å². The van der Waals surface area contributed by atoms with Crippen molar-refractivity contribution in [3.05, 3.63) is 64.7 Å². The second-order valence-corrected chi connectivity index (χ2v) is 7.69. The number of hydrogen-bond acceptors (Lipinski definition) is 5. The summed E-state index contributed by atoms with van der Waals surface area (Å²) in [4.78, 5) is 18.9. The first-order valence-corrected chi connectivity index (χ1v) is 10.0. The SMILES string of the molecule is CC(N)Cc1cc2c(c(C3=NC3)c1)N(CCCOC(=O)c1ccccc1)CC2. The van der Waals surface area contributed by atoms with E-state index in [-0.39, 0.29) is 12.0 Å². The molecule has 0 bridgehead atoms. The fourth-order valence-corrected chi connectivity index (χ4v) is 3.91. The standard InChI is InChI=1S/C23H27N3O2/c1-16(24)12-17-13-19-8-10-26(22(19)20(14-17)21-15-25-21)9-5-11-28-23(27)18-6-3-2-4-7-18/h2-4,6-7,13-14,16H,5,8-12,15,24H2,1H3. The van der Waals surface area contributed by atoms with E-state index in [2.05, 4.69) is 22.0 Å². The Bertz CT molecular complexity index is 890. The van der Waals surface area contributed by atoms with Gasteiger partial charge in [0.2, 0.25) is 0 Å². The van der Waals surface area contributed by atoms with Gasteiger partial charge in [0.1, 0.15) is 0 Å². The van der Waals surface area contributed by atoms with Crippen LogP contribution in [0.4, 0.5) is 5.69 Å². The quantitative estimate of drug-likeness (QED) is 0.567. The number of esters is 1. The summed E-state index contributed by atoms with van der Waals surface area (Å²) in [5, 5.41) is 0. The number of carbonyl (C=O) groups is 1. The molecule has 0 aliphatic carbocycles. The van der Waals surface area contributed by atoms with Gasteiger partial charge < -0.3 is 15.4 Å². The third-order valence-corrected chi connectivity index (χ3v) is 5.22. The van der Waals surface area contributed by atoms with E-state index in [0.717, 1.165) is 38.9 Å². The van der Waals surface area contributed by atoms with Crippen molar-refractivity contribution in [2.75, 3.05) is 31.1 Å². The Balaban J connectivity index is 1.38. The summed E-state index contributed by atoms with van der Waals surface area (Å²) in [6, 6.07) is 13.9. The lowest BCUT2D eigenvalue weighted by atomic mass is 9.97. The molecule has 0 saturated heterocycles. The summed E-state index contributed by atoms with van der Waals surface area (Å²) in [6.45, 7) is 5.20. The zero-order valence-corrected chi connectivity index (χ0v) is 16.4. The average molecular weight is 377 g/mol. The maximum Gasteiger partial charge on any atom is 0.338 e. The Hall–Kier alpha value is -2.66. The van der Waals surface area contributed by atoms with Gasteiger partial charge in [0.25, 0.3) is 0 Å². The summed E-state index contributed by atoms with van der Waals surface area (Å²) in [5.41, 5.74) is 13.1. The molecule has 2 heterocycles. The van der Waals surface area contributed by atoms with Crippen LogP contribution < -0.4 is 10.6 Å². The van der Waals surface area contributed by atoms with Crippen LogP contribution in [-0.4, -0.2) is 44.0 Å². The molecule has 146 valence electrons. The number of rotatable bonds is 8. The van der Waals surface area contributed by atoms with E-state index in [1.54, 1.807) is 12.1 Å². The summed E-state index contributed by atoms with van der Waals surface area (Å²) in [6.07, 6.45) is 2.75. The third-order valence-electron chi connectivity index (χ3n) is 5.22. The Morgan fingerprint density at radius 2 is 2.07 bits per heavy atom. The fraction of sp³-hybridized carbons (Fsp3) is 0.391. The highest BCUT2D eigenvalue weighted by molar-refractivity contribution is 6.14. The maximum atomic E-state index is 12.1. The predicted octanol–water partition coefficient (Wildman–Crippen LogP) is 2.99. The van der Waals surface area contributed by atoms with Gasteiger partial charge in [-0.2, -0.15) is 0 Å². The number of nitrogens with two attached hydrogens (primary N) is 1. The molecular weight excluding hydrogens is 350 g/mol. The van der Waals surface area contributed by atoms with Crippen molar-refractivity contribution in [3.63, 3.8) is 0 Å². The van der Waals surface area contributed by atoms with Crippen molar-refractivity contribution in [1.29, 1.82) is 0 Å². The lowest BCUT2D eigenvalue weighted by molar-refractivity contribution is 0.0502. The van der Waals surface area contributed by atoms with Crippen molar-refractivity contribution in [2.45, 2.75) is 32.2 Å². The lowest BCUT2D eigenvalue weighted by Gasteiger charge is -2.22. The highest BCUT2D eigenvalue weighted by Crippen LogP contribution is 2.35. The summed E-state index contributed by atoms with van der Waals surface area (Å²) in [5.74, 6) is -0.254. The zero-order chi connectivity index (χ0) is 19.5. The van der Waals surface area contributed by atoms with Gasteiger partial charge in [-0.3, -0.25) is 4.99 Å². The van der Waals surface area contributed by atoms with Gasteiger partial charge in [0.05, 0.1) is 24.4 Å². The van der Waals surface area contributed by atoms with Gasteiger partial charge in [0.15, 0.2) is 0 Å². The normalized spacial score (nSPS) is 15.8. The van der Waals surface area contributed by atoms with E-state index >= 15 is 0 Å². The van der Waals surface area contributed by atoms with E-state index in [9.17, 15) is 4.79 Å². The van der Waals surface area contributed by atoms with Gasteiger partial charge >= 0.3 is 5.97 Å². The average Bonchev–Trinajstić information content (AvgIpc) is 3.46. The van der Waals surface area contributed by atoms with E-state index in [0.29, 0.717) is 12.2 Å². The minimum Gasteiger partial charge on any atom is -0.462 e. The minimum absolute atomic E-state index is 0.156. The smallest absolute Gasteiger partial charge is 0.338 e. The van der Waals surface area contributed by atoms with Crippen LogP contribution in [0.3, 0.4) is 0 Å². The van der Waals surface area contributed by atoms with E-state index in [1.165, 1.54) is 28.1 Å². The maximum absolute atomic E-state index is 12.1. The predicted molar refractivity (Wildman–Crippen MR) is 112 cm³/mol. The topological polar surface area (TPSA) is 67.9 Å². The first kappa shape index (κ1) is 18.7. The number of nitrogens with zero attached hydrogens (tertiary/aromatic N) is 2. The molecule has 2 aliphatic heterocycles. The van der Waals surface area contributed by atoms with Crippen LogP contribution in [0.15, 0.2) is 47.5 Å². The molecule has 2 aromatic rings. The number of hydrogen-bond donors (Lipinski definition) is 1. The van der Waals surface area contributed by atoms with Crippen LogP contribution in [-0.2, 0) is 17.6 Å². The van der Waals surface area contributed by atoms with E-state index in [1.807, 2.05) is 25.1 Å². The van der Waals surface area contributed by atoms with Crippen molar-refractivity contribution in [2.24, 2.45) is 10.7 Å². The van der Waals surface area contributed by atoms with Crippen molar-refractivity contribution in [1.82, 2.24) is 0 Å². The summed E-state index contributed by atoms with van der Waals surface area (Å²) < 4.78 is 5.43. The van der Waals surface area contributed by atoms with Crippen molar-refractivity contribution >= 4 is 17.4 Å². The molecule has 28 heavy (non-hydrogen) atoms. The van der Waals surface area contributed by atoms with E-state index < -0.39 is 0 Å². The molecule has 5 nitrogen and oxygen atoms in total. The van der Waals surface area contributed by atoms with Crippen LogP contribution in [0.25, 0.3) is 0 Å². The summed E-state index contributed by atoms with van der Waals surface area (Å²) in [7, 11) is 0. The number of benzene rings is 2. The van der Waals surface area contributed by atoms with Crippen LogP contribution in [0.5, 0.6) is 0 Å². The first-order chi connectivity index (χ1) is 13.6. The molecule has 2 aliphatic rings. The number of anilines is 1. The molecule has 5 heteroatoms. The molecule has 0 radical (unpaired) electrons. The largest absolute Gasteiger partial charge is 0.462 e. The number of carbonyl (C=O) groups excluding carboxylic acids is 1. The molecule has 2 aromatic carbocycles. The summed E-state index contributed by atoms with van der Waals surface area (Å²) >= 11 is 0. The molecule has 1 unspecified atom stereocenters. The number of aliphatic imine (C=N–C) groups is 1. The van der Waals surface area contributed by atoms with Crippen LogP contribution in [0.1, 0.15) is 40.4 Å². The van der Waals surface area contributed by atoms with Gasteiger partial charge in [-0.1, -0.05) is 24.3 Å². The lowest BCUT2D eigenvalue weighted by Crippen LogP contribution is -2.24. The van der Waals surface area contributed by atoms with Gasteiger partial charge in [-0.15, -0.1) is 0 Å². The second kappa shape index (κ2) is 8.15. The Morgan fingerprint density at radius 3 is 2.79 bits per heavy atom. The first-order valence-electron chi connectivity index (χ1n) is 10.0. The van der Waals surface area contributed by atoms with Gasteiger partial charge in [-0.05, 0) is 55.5 Å². The Morgan fingerprint density at radius 1 is 1.29 bits per heavy atom.